The molecule has 0 fully saturated rings. The lowest BCUT2D eigenvalue weighted by atomic mass is 10.0. The fraction of sp³-hybridized carbons (Fsp3) is 0.538. The van der Waals surface area contributed by atoms with Gasteiger partial charge in [-0.05, 0) is 25.6 Å². The molecule has 1 atom stereocenters. The van der Waals surface area contributed by atoms with Crippen molar-refractivity contribution in [3.8, 4) is 0 Å². The SMILES string of the molecule is CCCN(CC)C(CN)c1ccccc1F. The van der Waals surface area contributed by atoms with Gasteiger partial charge in [0.15, 0.2) is 0 Å². The van der Waals surface area contributed by atoms with Crippen LogP contribution in [0, 0.1) is 5.82 Å². The Bertz CT molecular complexity index is 315. The maximum absolute atomic E-state index is 13.7. The number of rotatable bonds is 6. The number of hydrogen-bond acceptors (Lipinski definition) is 2. The third-order valence-electron chi connectivity index (χ3n) is 2.85. The van der Waals surface area contributed by atoms with Crippen molar-refractivity contribution in [2.45, 2.75) is 26.3 Å². The minimum Gasteiger partial charge on any atom is -0.329 e. The zero-order chi connectivity index (χ0) is 12.0. The fourth-order valence-corrected chi connectivity index (χ4v) is 2.04. The van der Waals surface area contributed by atoms with Crippen LogP contribution in [-0.2, 0) is 0 Å². The van der Waals surface area contributed by atoms with E-state index in [0.717, 1.165) is 19.5 Å². The van der Waals surface area contributed by atoms with Gasteiger partial charge in [0, 0.05) is 18.2 Å². The molecule has 1 aromatic rings. The van der Waals surface area contributed by atoms with E-state index in [1.165, 1.54) is 6.07 Å². The van der Waals surface area contributed by atoms with Crippen LogP contribution in [-0.4, -0.2) is 24.5 Å². The summed E-state index contributed by atoms with van der Waals surface area (Å²) in [7, 11) is 0. The lowest BCUT2D eigenvalue weighted by Crippen LogP contribution is -2.34. The zero-order valence-electron chi connectivity index (χ0n) is 10.1. The molecule has 0 saturated carbocycles. The Labute approximate surface area is 97.3 Å². The molecule has 0 heterocycles. The van der Waals surface area contributed by atoms with Gasteiger partial charge in [0.25, 0.3) is 0 Å². The van der Waals surface area contributed by atoms with Gasteiger partial charge in [-0.25, -0.2) is 4.39 Å². The van der Waals surface area contributed by atoms with Gasteiger partial charge in [0.05, 0.1) is 0 Å². The summed E-state index contributed by atoms with van der Waals surface area (Å²) in [6, 6.07) is 6.89. The Morgan fingerprint density at radius 2 is 2.00 bits per heavy atom. The van der Waals surface area contributed by atoms with Crippen molar-refractivity contribution in [1.82, 2.24) is 4.90 Å². The highest BCUT2D eigenvalue weighted by Crippen LogP contribution is 2.22. The largest absolute Gasteiger partial charge is 0.329 e. The van der Waals surface area contributed by atoms with Crippen LogP contribution in [0.1, 0.15) is 31.9 Å². The molecule has 0 aliphatic carbocycles. The Balaban J connectivity index is 2.92. The molecule has 2 nitrogen and oxygen atoms in total. The van der Waals surface area contributed by atoms with Gasteiger partial charge in [-0.15, -0.1) is 0 Å². The van der Waals surface area contributed by atoms with Crippen LogP contribution >= 0.6 is 0 Å². The Morgan fingerprint density at radius 1 is 1.31 bits per heavy atom. The number of benzene rings is 1. The summed E-state index contributed by atoms with van der Waals surface area (Å²) >= 11 is 0. The maximum Gasteiger partial charge on any atom is 0.128 e. The van der Waals surface area contributed by atoms with E-state index in [9.17, 15) is 4.39 Å². The molecule has 90 valence electrons. The highest BCUT2D eigenvalue weighted by Gasteiger charge is 2.19. The molecule has 0 radical (unpaired) electrons. The minimum atomic E-state index is -0.160. The molecule has 1 unspecified atom stereocenters. The molecule has 3 heteroatoms. The van der Waals surface area contributed by atoms with Crippen molar-refractivity contribution >= 4 is 0 Å². The first-order valence-corrected chi connectivity index (χ1v) is 5.93. The predicted molar refractivity (Wildman–Crippen MR) is 65.7 cm³/mol. The lowest BCUT2D eigenvalue weighted by Gasteiger charge is -2.30. The van der Waals surface area contributed by atoms with Gasteiger partial charge in [0.1, 0.15) is 5.82 Å². The Hall–Kier alpha value is -0.930. The molecule has 0 aliphatic heterocycles. The van der Waals surface area contributed by atoms with E-state index >= 15 is 0 Å². The summed E-state index contributed by atoms with van der Waals surface area (Å²) in [5.74, 6) is -0.160. The van der Waals surface area contributed by atoms with Crippen molar-refractivity contribution in [3.05, 3.63) is 35.6 Å². The first-order chi connectivity index (χ1) is 7.74. The van der Waals surface area contributed by atoms with Gasteiger partial charge < -0.3 is 5.73 Å². The third kappa shape index (κ3) is 3.03. The van der Waals surface area contributed by atoms with E-state index in [0.29, 0.717) is 12.1 Å². The van der Waals surface area contributed by atoms with E-state index in [1.54, 1.807) is 6.07 Å². The van der Waals surface area contributed by atoms with E-state index in [-0.39, 0.29) is 11.9 Å². The van der Waals surface area contributed by atoms with Crippen molar-refractivity contribution in [1.29, 1.82) is 0 Å². The van der Waals surface area contributed by atoms with Crippen LogP contribution in [0.3, 0.4) is 0 Å². The molecule has 1 aromatic carbocycles. The molecule has 0 spiro atoms. The van der Waals surface area contributed by atoms with Gasteiger partial charge in [0.2, 0.25) is 0 Å². The van der Waals surface area contributed by atoms with Crippen LogP contribution in [0.5, 0.6) is 0 Å². The monoisotopic (exact) mass is 224 g/mol. The highest BCUT2D eigenvalue weighted by atomic mass is 19.1. The van der Waals surface area contributed by atoms with E-state index < -0.39 is 0 Å². The molecular weight excluding hydrogens is 203 g/mol. The first kappa shape index (κ1) is 13.1. The highest BCUT2D eigenvalue weighted by molar-refractivity contribution is 5.21. The van der Waals surface area contributed by atoms with E-state index in [1.807, 2.05) is 12.1 Å². The molecule has 0 saturated heterocycles. The Morgan fingerprint density at radius 3 is 2.50 bits per heavy atom. The summed E-state index contributed by atoms with van der Waals surface area (Å²) in [6.45, 7) is 6.50. The number of likely N-dealkylation sites (N-methyl/N-ethyl adjacent to an activating group) is 1. The van der Waals surface area contributed by atoms with Crippen molar-refractivity contribution in [2.75, 3.05) is 19.6 Å². The van der Waals surface area contributed by atoms with Gasteiger partial charge in [-0.3, -0.25) is 4.90 Å². The normalized spacial score (nSPS) is 13.1. The second-order valence-electron chi connectivity index (χ2n) is 3.90. The number of halogens is 1. The summed E-state index contributed by atoms with van der Waals surface area (Å²) in [5.41, 5.74) is 6.48. The summed E-state index contributed by atoms with van der Waals surface area (Å²) in [6.07, 6.45) is 1.05. The first-order valence-electron chi connectivity index (χ1n) is 5.93. The number of hydrogen-bond donors (Lipinski definition) is 1. The molecule has 1 rings (SSSR count). The number of nitrogens with two attached hydrogens (primary N) is 1. The van der Waals surface area contributed by atoms with Gasteiger partial charge >= 0.3 is 0 Å². The molecule has 0 aliphatic rings. The summed E-state index contributed by atoms with van der Waals surface area (Å²) < 4.78 is 13.7. The predicted octanol–water partition coefficient (Wildman–Crippen LogP) is 2.56. The summed E-state index contributed by atoms with van der Waals surface area (Å²) in [4.78, 5) is 2.22. The van der Waals surface area contributed by atoms with Gasteiger partial charge in [-0.2, -0.15) is 0 Å². The fourth-order valence-electron chi connectivity index (χ4n) is 2.04. The average molecular weight is 224 g/mol. The molecule has 0 amide bonds. The molecule has 2 N–H and O–H groups in total. The van der Waals surface area contributed by atoms with Crippen LogP contribution in [0.15, 0.2) is 24.3 Å². The van der Waals surface area contributed by atoms with Crippen LogP contribution < -0.4 is 5.73 Å². The van der Waals surface area contributed by atoms with E-state index in [4.69, 9.17) is 5.73 Å². The quantitative estimate of drug-likeness (QED) is 0.804. The standard InChI is InChI=1S/C13H21FN2/c1-3-9-16(4-2)13(10-15)11-7-5-6-8-12(11)14/h5-8,13H,3-4,9-10,15H2,1-2H3. The van der Waals surface area contributed by atoms with E-state index in [2.05, 4.69) is 18.7 Å². The molecule has 16 heavy (non-hydrogen) atoms. The second-order valence-corrected chi connectivity index (χ2v) is 3.90. The maximum atomic E-state index is 13.7. The Kier molecular flexibility index (Phi) is 5.43. The van der Waals surface area contributed by atoms with Crippen molar-refractivity contribution in [3.63, 3.8) is 0 Å². The smallest absolute Gasteiger partial charge is 0.128 e. The molecule has 0 aromatic heterocycles. The molecule has 0 bridgehead atoms. The van der Waals surface area contributed by atoms with Crippen LogP contribution in [0.2, 0.25) is 0 Å². The van der Waals surface area contributed by atoms with Gasteiger partial charge in [-0.1, -0.05) is 32.0 Å². The van der Waals surface area contributed by atoms with Crippen molar-refractivity contribution < 1.29 is 4.39 Å². The number of nitrogens with zero attached hydrogens (tertiary/aromatic N) is 1. The van der Waals surface area contributed by atoms with Crippen LogP contribution in [0.4, 0.5) is 4.39 Å². The summed E-state index contributed by atoms with van der Waals surface area (Å²) in [5, 5.41) is 0. The average Bonchev–Trinajstić information content (AvgIpc) is 2.31. The lowest BCUT2D eigenvalue weighted by molar-refractivity contribution is 0.208. The second kappa shape index (κ2) is 6.61. The minimum absolute atomic E-state index is 0.00819. The topological polar surface area (TPSA) is 29.3 Å². The third-order valence-corrected chi connectivity index (χ3v) is 2.85. The van der Waals surface area contributed by atoms with Crippen molar-refractivity contribution in [2.24, 2.45) is 5.73 Å². The molecular formula is C13H21FN2. The van der Waals surface area contributed by atoms with Crippen LogP contribution in [0.25, 0.3) is 0 Å². The zero-order valence-corrected chi connectivity index (χ0v) is 10.1.